The summed E-state index contributed by atoms with van der Waals surface area (Å²) in [5, 5.41) is 11.4. The second-order valence-corrected chi connectivity index (χ2v) is 5.77. The summed E-state index contributed by atoms with van der Waals surface area (Å²) in [4.78, 5) is 23.8. The average Bonchev–Trinajstić information content (AvgIpc) is 2.67. The molecular weight excluding hydrogens is 314 g/mol. The number of carbonyl (C=O) groups is 1. The first-order chi connectivity index (χ1) is 12.2. The zero-order valence-corrected chi connectivity index (χ0v) is 13.5. The topological polar surface area (TPSA) is 60.2 Å². The molecule has 25 heavy (non-hydrogen) atoms. The molecule has 3 aromatic rings. The van der Waals surface area contributed by atoms with Gasteiger partial charge >= 0.3 is 0 Å². The Morgan fingerprint density at radius 3 is 2.04 bits per heavy atom. The molecule has 0 bridgehead atoms. The molecule has 0 fully saturated rings. The SMILES string of the molecule is O=C(CC(c1ccccc1)c1ccccc1[N+](=O)[O-])c1ccccc1. The number of ketones is 1. The molecule has 4 heteroatoms. The number of para-hydroxylation sites is 1. The van der Waals surface area contributed by atoms with Gasteiger partial charge in [0.15, 0.2) is 5.78 Å². The number of benzene rings is 3. The number of carbonyl (C=O) groups excluding carboxylic acids is 1. The van der Waals surface area contributed by atoms with Gasteiger partial charge in [-0.3, -0.25) is 14.9 Å². The number of nitrogens with zero attached hydrogens (tertiary/aromatic N) is 1. The Morgan fingerprint density at radius 2 is 1.40 bits per heavy atom. The number of rotatable bonds is 6. The first-order valence-electron chi connectivity index (χ1n) is 8.03. The first kappa shape index (κ1) is 16.6. The third kappa shape index (κ3) is 3.80. The van der Waals surface area contributed by atoms with E-state index < -0.39 is 4.92 Å². The van der Waals surface area contributed by atoms with Crippen LogP contribution in [0.1, 0.15) is 33.8 Å². The van der Waals surface area contributed by atoms with Gasteiger partial charge in [0.1, 0.15) is 0 Å². The van der Waals surface area contributed by atoms with E-state index >= 15 is 0 Å². The van der Waals surface area contributed by atoms with E-state index in [-0.39, 0.29) is 23.8 Å². The van der Waals surface area contributed by atoms with Crippen LogP contribution in [0.5, 0.6) is 0 Å². The van der Waals surface area contributed by atoms with Crippen LogP contribution < -0.4 is 0 Å². The molecule has 3 rings (SSSR count). The van der Waals surface area contributed by atoms with Gasteiger partial charge in [-0.1, -0.05) is 78.9 Å². The van der Waals surface area contributed by atoms with Crippen molar-refractivity contribution in [1.29, 1.82) is 0 Å². The Labute approximate surface area is 145 Å². The molecule has 0 aliphatic carbocycles. The summed E-state index contributed by atoms with van der Waals surface area (Å²) < 4.78 is 0. The van der Waals surface area contributed by atoms with Gasteiger partial charge in [0.2, 0.25) is 0 Å². The summed E-state index contributed by atoms with van der Waals surface area (Å²) in [6.07, 6.45) is 0.179. The highest BCUT2D eigenvalue weighted by Gasteiger charge is 2.25. The van der Waals surface area contributed by atoms with Gasteiger partial charge in [-0.15, -0.1) is 0 Å². The van der Waals surface area contributed by atoms with Crippen LogP contribution in [-0.2, 0) is 0 Å². The van der Waals surface area contributed by atoms with Crippen molar-refractivity contribution in [2.24, 2.45) is 0 Å². The number of hydrogen-bond donors (Lipinski definition) is 0. The molecule has 0 radical (unpaired) electrons. The predicted molar refractivity (Wildman–Crippen MR) is 96.8 cm³/mol. The van der Waals surface area contributed by atoms with Gasteiger partial charge in [0.25, 0.3) is 5.69 Å². The molecule has 4 nitrogen and oxygen atoms in total. The minimum absolute atomic E-state index is 0.0346. The van der Waals surface area contributed by atoms with E-state index in [1.54, 1.807) is 30.3 Å². The summed E-state index contributed by atoms with van der Waals surface area (Å²) in [6.45, 7) is 0. The molecule has 0 aliphatic rings. The van der Waals surface area contributed by atoms with E-state index in [2.05, 4.69) is 0 Å². The first-order valence-corrected chi connectivity index (χ1v) is 8.03. The Kier molecular flexibility index (Phi) is 5.00. The molecule has 0 amide bonds. The lowest BCUT2D eigenvalue weighted by Gasteiger charge is -2.17. The van der Waals surface area contributed by atoms with Gasteiger partial charge in [-0.2, -0.15) is 0 Å². The fourth-order valence-electron chi connectivity index (χ4n) is 2.97. The Morgan fingerprint density at radius 1 is 0.840 bits per heavy atom. The van der Waals surface area contributed by atoms with Crippen LogP contribution in [-0.4, -0.2) is 10.7 Å². The van der Waals surface area contributed by atoms with E-state index in [4.69, 9.17) is 0 Å². The molecule has 1 unspecified atom stereocenters. The lowest BCUT2D eigenvalue weighted by molar-refractivity contribution is -0.385. The van der Waals surface area contributed by atoms with Crippen LogP contribution >= 0.6 is 0 Å². The van der Waals surface area contributed by atoms with Crippen molar-refractivity contribution < 1.29 is 9.72 Å². The van der Waals surface area contributed by atoms with E-state index in [9.17, 15) is 14.9 Å². The van der Waals surface area contributed by atoms with Crippen molar-refractivity contribution in [3.05, 3.63) is 112 Å². The normalized spacial score (nSPS) is 11.7. The molecule has 3 aromatic carbocycles. The molecule has 1 atom stereocenters. The number of nitro benzene ring substituents is 1. The number of nitro groups is 1. The van der Waals surface area contributed by atoms with Crippen LogP contribution in [0.15, 0.2) is 84.9 Å². The zero-order chi connectivity index (χ0) is 17.6. The van der Waals surface area contributed by atoms with Crippen LogP contribution in [0.2, 0.25) is 0 Å². The molecule has 0 aliphatic heterocycles. The zero-order valence-electron chi connectivity index (χ0n) is 13.5. The number of hydrogen-bond acceptors (Lipinski definition) is 3. The quantitative estimate of drug-likeness (QED) is 0.363. The third-order valence-electron chi connectivity index (χ3n) is 4.20. The molecule has 0 saturated heterocycles. The van der Waals surface area contributed by atoms with Crippen LogP contribution in [0.3, 0.4) is 0 Å². The minimum atomic E-state index is -0.391. The fourth-order valence-corrected chi connectivity index (χ4v) is 2.97. The Hall–Kier alpha value is -3.27. The van der Waals surface area contributed by atoms with Crippen molar-refractivity contribution in [1.82, 2.24) is 0 Å². The third-order valence-corrected chi connectivity index (χ3v) is 4.20. The second-order valence-electron chi connectivity index (χ2n) is 5.77. The van der Waals surface area contributed by atoms with Gasteiger partial charge in [0, 0.05) is 29.5 Å². The highest BCUT2D eigenvalue weighted by molar-refractivity contribution is 5.96. The summed E-state index contributed by atoms with van der Waals surface area (Å²) >= 11 is 0. The molecule has 0 heterocycles. The monoisotopic (exact) mass is 331 g/mol. The Bertz CT molecular complexity index is 876. The van der Waals surface area contributed by atoms with Crippen LogP contribution in [0.4, 0.5) is 5.69 Å². The highest BCUT2D eigenvalue weighted by atomic mass is 16.6. The van der Waals surface area contributed by atoms with Crippen molar-refractivity contribution in [2.45, 2.75) is 12.3 Å². The van der Waals surface area contributed by atoms with Crippen molar-refractivity contribution in [3.8, 4) is 0 Å². The van der Waals surface area contributed by atoms with E-state index in [0.717, 1.165) is 5.56 Å². The molecule has 124 valence electrons. The summed E-state index contributed by atoms with van der Waals surface area (Å²) in [7, 11) is 0. The fraction of sp³-hybridized carbons (Fsp3) is 0.0952. The van der Waals surface area contributed by atoms with E-state index in [1.165, 1.54) is 6.07 Å². The maximum Gasteiger partial charge on any atom is 0.273 e. The maximum atomic E-state index is 12.7. The Balaban J connectivity index is 2.03. The van der Waals surface area contributed by atoms with Crippen LogP contribution in [0, 0.1) is 10.1 Å². The van der Waals surface area contributed by atoms with Gasteiger partial charge in [-0.05, 0) is 5.56 Å². The van der Waals surface area contributed by atoms with Gasteiger partial charge in [0.05, 0.1) is 4.92 Å². The van der Waals surface area contributed by atoms with Crippen molar-refractivity contribution >= 4 is 11.5 Å². The molecular formula is C21H17NO3. The maximum absolute atomic E-state index is 12.7. The van der Waals surface area contributed by atoms with Gasteiger partial charge in [-0.25, -0.2) is 0 Å². The van der Waals surface area contributed by atoms with Crippen molar-refractivity contribution in [3.63, 3.8) is 0 Å². The highest BCUT2D eigenvalue weighted by Crippen LogP contribution is 2.35. The largest absolute Gasteiger partial charge is 0.294 e. The summed E-state index contributed by atoms with van der Waals surface area (Å²) in [6, 6.07) is 25.1. The number of Topliss-reactive ketones (excluding diaryl/α,β-unsaturated/α-hetero) is 1. The molecule has 0 aromatic heterocycles. The molecule has 0 spiro atoms. The molecule has 0 saturated carbocycles. The standard InChI is InChI=1S/C21H17NO3/c23-21(17-11-5-2-6-12-17)15-19(16-9-3-1-4-10-16)18-13-7-8-14-20(18)22(24)25/h1-14,19H,15H2. The lowest BCUT2D eigenvalue weighted by Crippen LogP contribution is -2.11. The predicted octanol–water partition coefficient (Wildman–Crippen LogP) is 5.00. The average molecular weight is 331 g/mol. The minimum Gasteiger partial charge on any atom is -0.294 e. The lowest BCUT2D eigenvalue weighted by atomic mass is 9.85. The smallest absolute Gasteiger partial charge is 0.273 e. The summed E-state index contributed by atoms with van der Waals surface area (Å²) in [5.41, 5.74) is 2.10. The molecule has 0 N–H and O–H groups in total. The van der Waals surface area contributed by atoms with Crippen LogP contribution in [0.25, 0.3) is 0 Å². The van der Waals surface area contributed by atoms with E-state index in [1.807, 2.05) is 48.5 Å². The second kappa shape index (κ2) is 7.53. The summed E-state index contributed by atoms with van der Waals surface area (Å²) in [5.74, 6) is -0.400. The van der Waals surface area contributed by atoms with E-state index in [0.29, 0.717) is 11.1 Å². The van der Waals surface area contributed by atoms with Gasteiger partial charge < -0.3 is 0 Å². The van der Waals surface area contributed by atoms with Crippen molar-refractivity contribution in [2.75, 3.05) is 0 Å².